The standard InChI is InChI=1S/C15H23ClN2/c1-13-9-14(11-17-10-13)12-18(8-7-16)15-5-3-2-4-6-15/h9-11,15H,2-8,12H2,1H3. The third-order valence-corrected chi connectivity index (χ3v) is 3.95. The maximum Gasteiger partial charge on any atom is 0.0351 e. The zero-order valence-electron chi connectivity index (χ0n) is 11.2. The van der Waals surface area contributed by atoms with Crippen LogP contribution in [0.25, 0.3) is 0 Å². The minimum atomic E-state index is 0.718. The van der Waals surface area contributed by atoms with Crippen LogP contribution < -0.4 is 0 Å². The van der Waals surface area contributed by atoms with E-state index in [1.165, 1.54) is 43.2 Å². The van der Waals surface area contributed by atoms with E-state index in [1.54, 1.807) is 0 Å². The highest BCUT2D eigenvalue weighted by Gasteiger charge is 2.20. The van der Waals surface area contributed by atoms with E-state index in [4.69, 9.17) is 11.6 Å². The number of pyridine rings is 1. The van der Waals surface area contributed by atoms with Gasteiger partial charge in [0.25, 0.3) is 0 Å². The zero-order valence-corrected chi connectivity index (χ0v) is 12.0. The second kappa shape index (κ2) is 7.10. The van der Waals surface area contributed by atoms with Crippen molar-refractivity contribution < 1.29 is 0 Å². The SMILES string of the molecule is Cc1cncc(CN(CCCl)C2CCCCC2)c1. The number of hydrogen-bond donors (Lipinski definition) is 0. The summed E-state index contributed by atoms with van der Waals surface area (Å²) >= 11 is 5.96. The first-order valence-corrected chi connectivity index (χ1v) is 7.53. The van der Waals surface area contributed by atoms with Crippen LogP contribution in [0.1, 0.15) is 43.2 Å². The van der Waals surface area contributed by atoms with Gasteiger partial charge in [-0.15, -0.1) is 11.6 Å². The predicted molar refractivity (Wildman–Crippen MR) is 77.0 cm³/mol. The van der Waals surface area contributed by atoms with Crippen LogP contribution in [0.2, 0.25) is 0 Å². The molecule has 0 unspecified atom stereocenters. The highest BCUT2D eigenvalue weighted by atomic mass is 35.5. The fourth-order valence-corrected chi connectivity index (χ4v) is 3.10. The number of halogens is 1. The van der Waals surface area contributed by atoms with E-state index in [1.807, 2.05) is 12.4 Å². The number of alkyl halides is 1. The first kappa shape index (κ1) is 13.8. The van der Waals surface area contributed by atoms with Crippen LogP contribution in [-0.4, -0.2) is 28.4 Å². The van der Waals surface area contributed by atoms with Crippen molar-refractivity contribution in [3.8, 4) is 0 Å². The summed E-state index contributed by atoms with van der Waals surface area (Å²) < 4.78 is 0. The average molecular weight is 267 g/mol. The molecule has 0 saturated heterocycles. The molecule has 100 valence electrons. The summed E-state index contributed by atoms with van der Waals surface area (Å²) in [5, 5.41) is 0. The molecule has 0 N–H and O–H groups in total. The number of aryl methyl sites for hydroxylation is 1. The fraction of sp³-hybridized carbons (Fsp3) is 0.667. The van der Waals surface area contributed by atoms with Crippen LogP contribution >= 0.6 is 11.6 Å². The average Bonchev–Trinajstić information content (AvgIpc) is 2.39. The van der Waals surface area contributed by atoms with Crippen LogP contribution in [-0.2, 0) is 6.54 Å². The Morgan fingerprint density at radius 1 is 1.28 bits per heavy atom. The molecular weight excluding hydrogens is 244 g/mol. The van der Waals surface area contributed by atoms with Crippen molar-refractivity contribution in [3.63, 3.8) is 0 Å². The van der Waals surface area contributed by atoms with Gasteiger partial charge in [-0.05, 0) is 30.9 Å². The number of rotatable bonds is 5. The summed E-state index contributed by atoms with van der Waals surface area (Å²) in [6, 6.07) is 2.95. The molecule has 0 atom stereocenters. The summed E-state index contributed by atoms with van der Waals surface area (Å²) in [7, 11) is 0. The quantitative estimate of drug-likeness (QED) is 0.755. The lowest BCUT2D eigenvalue weighted by Gasteiger charge is -2.34. The molecule has 0 spiro atoms. The van der Waals surface area contributed by atoms with Gasteiger partial charge in [0, 0.05) is 37.4 Å². The smallest absolute Gasteiger partial charge is 0.0351 e. The third kappa shape index (κ3) is 3.96. The van der Waals surface area contributed by atoms with Gasteiger partial charge in [0.1, 0.15) is 0 Å². The highest BCUT2D eigenvalue weighted by molar-refractivity contribution is 6.18. The minimum Gasteiger partial charge on any atom is -0.295 e. The minimum absolute atomic E-state index is 0.718. The van der Waals surface area contributed by atoms with E-state index in [2.05, 4.69) is 22.9 Å². The first-order chi connectivity index (χ1) is 8.79. The van der Waals surface area contributed by atoms with Crippen molar-refractivity contribution in [2.24, 2.45) is 0 Å². The fourth-order valence-electron chi connectivity index (χ4n) is 2.88. The topological polar surface area (TPSA) is 16.1 Å². The molecule has 0 aromatic carbocycles. The van der Waals surface area contributed by atoms with E-state index < -0.39 is 0 Å². The second-order valence-corrected chi connectivity index (χ2v) is 5.70. The Hall–Kier alpha value is -0.600. The molecule has 18 heavy (non-hydrogen) atoms. The second-order valence-electron chi connectivity index (χ2n) is 5.32. The van der Waals surface area contributed by atoms with E-state index in [0.717, 1.165) is 25.0 Å². The molecule has 0 amide bonds. The van der Waals surface area contributed by atoms with Crippen LogP contribution in [0.3, 0.4) is 0 Å². The molecular formula is C15H23ClN2. The molecule has 1 heterocycles. The number of hydrogen-bond acceptors (Lipinski definition) is 2. The predicted octanol–water partition coefficient (Wildman–Crippen LogP) is 3.76. The third-order valence-electron chi connectivity index (χ3n) is 3.78. The molecule has 1 fully saturated rings. The molecule has 0 bridgehead atoms. The van der Waals surface area contributed by atoms with Crippen LogP contribution in [0, 0.1) is 6.92 Å². The molecule has 1 aliphatic carbocycles. The van der Waals surface area contributed by atoms with Crippen molar-refractivity contribution >= 4 is 11.6 Å². The molecule has 0 radical (unpaired) electrons. The Kier molecular flexibility index (Phi) is 5.45. The van der Waals surface area contributed by atoms with Gasteiger partial charge in [-0.3, -0.25) is 9.88 Å². The Labute approximate surface area is 115 Å². The van der Waals surface area contributed by atoms with Crippen molar-refractivity contribution in [3.05, 3.63) is 29.6 Å². The Balaban J connectivity index is 2.00. The monoisotopic (exact) mass is 266 g/mol. The van der Waals surface area contributed by atoms with Gasteiger partial charge in [-0.2, -0.15) is 0 Å². The summed E-state index contributed by atoms with van der Waals surface area (Å²) in [4.78, 5) is 6.83. The summed E-state index contributed by atoms with van der Waals surface area (Å²) in [5.41, 5.74) is 2.55. The van der Waals surface area contributed by atoms with Crippen molar-refractivity contribution in [2.75, 3.05) is 12.4 Å². The Bertz CT molecular complexity index is 361. The molecule has 1 saturated carbocycles. The largest absolute Gasteiger partial charge is 0.295 e. The lowest BCUT2D eigenvalue weighted by Crippen LogP contribution is -2.37. The molecule has 1 aromatic heterocycles. The summed E-state index contributed by atoms with van der Waals surface area (Å²) in [6.07, 6.45) is 10.7. The molecule has 3 heteroatoms. The van der Waals surface area contributed by atoms with Crippen molar-refractivity contribution in [2.45, 2.75) is 51.6 Å². The van der Waals surface area contributed by atoms with E-state index in [9.17, 15) is 0 Å². The normalized spacial score (nSPS) is 17.3. The first-order valence-electron chi connectivity index (χ1n) is 7.00. The Morgan fingerprint density at radius 2 is 2.06 bits per heavy atom. The van der Waals surface area contributed by atoms with Gasteiger partial charge in [0.2, 0.25) is 0 Å². The van der Waals surface area contributed by atoms with Gasteiger partial charge in [0.05, 0.1) is 0 Å². The van der Waals surface area contributed by atoms with E-state index in [0.29, 0.717) is 0 Å². The van der Waals surface area contributed by atoms with Gasteiger partial charge in [0.15, 0.2) is 0 Å². The molecule has 2 rings (SSSR count). The highest BCUT2D eigenvalue weighted by Crippen LogP contribution is 2.24. The van der Waals surface area contributed by atoms with Crippen molar-refractivity contribution in [1.29, 1.82) is 0 Å². The zero-order chi connectivity index (χ0) is 12.8. The number of aromatic nitrogens is 1. The van der Waals surface area contributed by atoms with E-state index in [-0.39, 0.29) is 0 Å². The van der Waals surface area contributed by atoms with E-state index >= 15 is 0 Å². The molecule has 1 aliphatic rings. The lowest BCUT2D eigenvalue weighted by molar-refractivity contribution is 0.157. The summed E-state index contributed by atoms with van der Waals surface area (Å²) in [5.74, 6) is 0.718. The van der Waals surface area contributed by atoms with Gasteiger partial charge in [-0.25, -0.2) is 0 Å². The molecule has 2 nitrogen and oxygen atoms in total. The summed E-state index contributed by atoms with van der Waals surface area (Å²) in [6.45, 7) is 4.08. The molecule has 0 aliphatic heterocycles. The Morgan fingerprint density at radius 3 is 2.72 bits per heavy atom. The maximum atomic E-state index is 5.96. The van der Waals surface area contributed by atoms with Gasteiger partial charge >= 0.3 is 0 Å². The molecule has 1 aromatic rings. The van der Waals surface area contributed by atoms with Gasteiger partial charge in [-0.1, -0.05) is 25.3 Å². The maximum absolute atomic E-state index is 5.96. The number of nitrogens with zero attached hydrogens (tertiary/aromatic N) is 2. The van der Waals surface area contributed by atoms with Crippen LogP contribution in [0.15, 0.2) is 18.5 Å². The van der Waals surface area contributed by atoms with Crippen LogP contribution in [0.4, 0.5) is 0 Å². The lowest BCUT2D eigenvalue weighted by atomic mass is 9.94. The van der Waals surface area contributed by atoms with Crippen molar-refractivity contribution in [1.82, 2.24) is 9.88 Å². The van der Waals surface area contributed by atoms with Gasteiger partial charge < -0.3 is 0 Å². The van der Waals surface area contributed by atoms with Crippen LogP contribution in [0.5, 0.6) is 0 Å².